The van der Waals surface area contributed by atoms with Crippen molar-refractivity contribution in [1.82, 2.24) is 0 Å². The van der Waals surface area contributed by atoms with Crippen LogP contribution in [0.2, 0.25) is 0 Å². The lowest BCUT2D eigenvalue weighted by Gasteiger charge is -2.14. The number of hydrogen-bond acceptors (Lipinski definition) is 4. The van der Waals surface area contributed by atoms with Crippen molar-refractivity contribution in [1.29, 1.82) is 10.8 Å². The highest BCUT2D eigenvalue weighted by Gasteiger charge is 2.14. The van der Waals surface area contributed by atoms with Gasteiger partial charge < -0.3 is 15.3 Å². The van der Waals surface area contributed by atoms with Gasteiger partial charge in [0.1, 0.15) is 11.5 Å². The highest BCUT2D eigenvalue weighted by Crippen LogP contribution is 2.19. The molecule has 0 saturated carbocycles. The highest BCUT2D eigenvalue weighted by atomic mass is 16.5. The van der Waals surface area contributed by atoms with Gasteiger partial charge in [-0.05, 0) is 37.6 Å². The maximum absolute atomic E-state index is 8.36. The first kappa shape index (κ1) is 14.8. The Morgan fingerprint density at radius 2 is 2.00 bits per heavy atom. The summed E-state index contributed by atoms with van der Waals surface area (Å²) in [6.45, 7) is 3.38. The number of rotatable bonds is 2. The molecule has 0 bridgehead atoms. The van der Waals surface area contributed by atoms with Crippen molar-refractivity contribution in [3.63, 3.8) is 0 Å². The van der Waals surface area contributed by atoms with Crippen LogP contribution in [0.4, 0.5) is 0 Å². The average Bonchev–Trinajstić information content (AvgIpc) is 2.23. The zero-order chi connectivity index (χ0) is 13.4. The molecule has 1 aliphatic rings. The normalized spacial score (nSPS) is 16.4. The third-order valence-corrected chi connectivity index (χ3v) is 1.87. The molecule has 0 radical (unpaired) electrons. The molecular weight excluding hydrogens is 220 g/mol. The highest BCUT2D eigenvalue weighted by molar-refractivity contribution is 6.15. The van der Waals surface area contributed by atoms with E-state index in [0.717, 1.165) is 11.1 Å². The predicted octanol–water partition coefficient (Wildman–Crippen LogP) is 2.16. The van der Waals surface area contributed by atoms with E-state index in [-0.39, 0.29) is 6.47 Å². The largest absolute Gasteiger partial charge is 0.494 e. The number of allylic oxidation sites excluding steroid dienone is 5. The Balaban J connectivity index is 0.000000770. The van der Waals surface area contributed by atoms with Gasteiger partial charge in [0.25, 0.3) is 6.47 Å². The zero-order valence-corrected chi connectivity index (χ0v) is 10.1. The second-order valence-corrected chi connectivity index (χ2v) is 3.36. The first-order valence-corrected chi connectivity index (χ1v) is 4.84. The van der Waals surface area contributed by atoms with Crippen LogP contribution < -0.4 is 0 Å². The fourth-order valence-corrected chi connectivity index (χ4v) is 1.29. The molecule has 17 heavy (non-hydrogen) atoms. The van der Waals surface area contributed by atoms with Crippen LogP contribution in [0.3, 0.4) is 0 Å². The Bertz CT molecular complexity index is 417. The quantitative estimate of drug-likeness (QED) is 0.506. The monoisotopic (exact) mass is 236 g/mol. The second-order valence-electron chi connectivity index (χ2n) is 3.36. The number of carboxylic acid groups (broad SMARTS) is 1. The lowest BCUT2D eigenvalue weighted by molar-refractivity contribution is -0.122. The Kier molecular flexibility index (Phi) is 6.25. The van der Waals surface area contributed by atoms with Gasteiger partial charge in [0.05, 0.1) is 7.11 Å². The van der Waals surface area contributed by atoms with E-state index in [1.165, 1.54) is 0 Å². The van der Waals surface area contributed by atoms with Crippen LogP contribution >= 0.6 is 0 Å². The standard InChI is InChI=1S/C11H14N2O.CH2O2/c1-7-4-9(6-8(2)12)11(13)10(5-7)14-3;2-1-3/h4-6,12-13H,1-3H3;1H,(H,2,3)/b9-6-,12-8?,13-11?;. The van der Waals surface area contributed by atoms with Gasteiger partial charge in [0, 0.05) is 11.3 Å². The van der Waals surface area contributed by atoms with Gasteiger partial charge >= 0.3 is 0 Å². The molecule has 0 aromatic heterocycles. The summed E-state index contributed by atoms with van der Waals surface area (Å²) in [5.41, 5.74) is 2.54. The fourth-order valence-electron chi connectivity index (χ4n) is 1.29. The number of ether oxygens (including phenoxy) is 1. The smallest absolute Gasteiger partial charge is 0.290 e. The van der Waals surface area contributed by atoms with Gasteiger partial charge in [0.2, 0.25) is 0 Å². The van der Waals surface area contributed by atoms with Crippen LogP contribution in [0.15, 0.2) is 35.1 Å². The average molecular weight is 236 g/mol. The SMILES string of the molecule is COC1=CC(C)=C/C(=C/C(C)=N)C1=N.O=CO. The molecule has 0 aliphatic heterocycles. The van der Waals surface area contributed by atoms with Gasteiger partial charge in [-0.1, -0.05) is 0 Å². The third-order valence-electron chi connectivity index (χ3n) is 1.87. The van der Waals surface area contributed by atoms with Gasteiger partial charge in [0.15, 0.2) is 0 Å². The Morgan fingerprint density at radius 3 is 2.41 bits per heavy atom. The van der Waals surface area contributed by atoms with Gasteiger partial charge in [-0.2, -0.15) is 0 Å². The number of methoxy groups -OCH3 is 1. The molecule has 0 amide bonds. The molecule has 92 valence electrons. The van der Waals surface area contributed by atoms with Crippen molar-refractivity contribution in [2.75, 3.05) is 7.11 Å². The maximum Gasteiger partial charge on any atom is 0.290 e. The molecule has 0 aromatic rings. The summed E-state index contributed by atoms with van der Waals surface area (Å²) in [5, 5.41) is 22.0. The van der Waals surface area contributed by atoms with Crippen LogP contribution in [0, 0.1) is 10.8 Å². The van der Waals surface area contributed by atoms with Crippen LogP contribution in [0.1, 0.15) is 13.8 Å². The van der Waals surface area contributed by atoms with Crippen molar-refractivity contribution in [3.8, 4) is 0 Å². The summed E-state index contributed by atoms with van der Waals surface area (Å²) < 4.78 is 5.07. The van der Waals surface area contributed by atoms with E-state index in [1.54, 1.807) is 20.1 Å². The van der Waals surface area contributed by atoms with Crippen LogP contribution in [-0.4, -0.2) is 30.1 Å². The minimum absolute atomic E-state index is 0.250. The Morgan fingerprint density at radius 1 is 1.47 bits per heavy atom. The summed E-state index contributed by atoms with van der Waals surface area (Å²) >= 11 is 0. The molecule has 0 spiro atoms. The van der Waals surface area contributed by atoms with Gasteiger partial charge in [-0.15, -0.1) is 0 Å². The topological polar surface area (TPSA) is 94.2 Å². The van der Waals surface area contributed by atoms with E-state index in [9.17, 15) is 0 Å². The van der Waals surface area contributed by atoms with E-state index in [2.05, 4.69) is 0 Å². The van der Waals surface area contributed by atoms with Gasteiger partial charge in [-0.3, -0.25) is 10.2 Å². The van der Waals surface area contributed by atoms with Crippen molar-refractivity contribution in [3.05, 3.63) is 35.1 Å². The minimum Gasteiger partial charge on any atom is -0.494 e. The molecule has 0 fully saturated rings. The molecule has 1 rings (SSSR count). The van der Waals surface area contributed by atoms with E-state index >= 15 is 0 Å². The molecular formula is C12H16N2O3. The van der Waals surface area contributed by atoms with Gasteiger partial charge in [-0.25, -0.2) is 0 Å². The molecule has 5 nitrogen and oxygen atoms in total. The number of hydrogen-bond donors (Lipinski definition) is 3. The van der Waals surface area contributed by atoms with Crippen molar-refractivity contribution in [2.45, 2.75) is 13.8 Å². The summed E-state index contributed by atoms with van der Waals surface area (Å²) in [6, 6.07) is 0. The molecule has 1 aliphatic carbocycles. The van der Waals surface area contributed by atoms with Crippen LogP contribution in [-0.2, 0) is 9.53 Å². The molecule has 3 N–H and O–H groups in total. The molecule has 0 atom stereocenters. The third kappa shape index (κ3) is 4.92. The van der Waals surface area contributed by atoms with Crippen LogP contribution in [0.25, 0.3) is 0 Å². The lowest BCUT2D eigenvalue weighted by atomic mass is 9.98. The lowest BCUT2D eigenvalue weighted by Crippen LogP contribution is -2.11. The summed E-state index contributed by atoms with van der Waals surface area (Å²) in [6.07, 6.45) is 5.36. The molecule has 0 heterocycles. The fraction of sp³-hybridized carbons (Fsp3) is 0.250. The molecule has 5 heteroatoms. The van der Waals surface area contributed by atoms with E-state index < -0.39 is 0 Å². The summed E-state index contributed by atoms with van der Waals surface area (Å²) in [7, 11) is 1.55. The van der Waals surface area contributed by atoms with Crippen molar-refractivity contribution >= 4 is 17.9 Å². The van der Waals surface area contributed by atoms with E-state index in [1.807, 2.05) is 19.1 Å². The molecule has 0 saturated heterocycles. The van der Waals surface area contributed by atoms with E-state index in [4.69, 9.17) is 25.5 Å². The Labute approximate surface area is 100 Å². The second kappa shape index (κ2) is 7.16. The van der Waals surface area contributed by atoms with Crippen molar-refractivity contribution < 1.29 is 14.6 Å². The number of carbonyl (C=O) groups is 1. The van der Waals surface area contributed by atoms with Crippen molar-refractivity contribution in [2.24, 2.45) is 0 Å². The van der Waals surface area contributed by atoms with Crippen LogP contribution in [0.5, 0.6) is 0 Å². The summed E-state index contributed by atoms with van der Waals surface area (Å²) in [5.74, 6) is 0.553. The summed E-state index contributed by atoms with van der Waals surface area (Å²) in [4.78, 5) is 8.36. The minimum atomic E-state index is -0.250. The molecule has 0 unspecified atom stereocenters. The number of nitrogens with one attached hydrogen (secondary N) is 2. The first-order chi connectivity index (χ1) is 7.96. The first-order valence-electron chi connectivity index (χ1n) is 4.84. The Hall–Kier alpha value is -2.17. The maximum atomic E-state index is 8.36. The predicted molar refractivity (Wildman–Crippen MR) is 66.8 cm³/mol. The molecule has 0 aromatic carbocycles. The zero-order valence-electron chi connectivity index (χ0n) is 10.1. The van der Waals surface area contributed by atoms with E-state index in [0.29, 0.717) is 17.2 Å².